The first-order valence-electron chi connectivity index (χ1n) is 10.1. The van der Waals surface area contributed by atoms with Crippen LogP contribution in [0.5, 0.6) is 5.75 Å². The third-order valence-corrected chi connectivity index (χ3v) is 5.85. The number of benzene rings is 2. The maximum atomic E-state index is 13.8. The number of rotatable bonds is 4. The molecule has 1 aliphatic carbocycles. The fourth-order valence-electron chi connectivity index (χ4n) is 4.26. The number of hydrogen-bond acceptors (Lipinski definition) is 3. The number of alkyl halides is 3. The van der Waals surface area contributed by atoms with Crippen molar-refractivity contribution in [3.63, 3.8) is 0 Å². The molecular weight excluding hydrogens is 393 g/mol. The largest absolute Gasteiger partial charge is 0.508 e. The molecule has 30 heavy (non-hydrogen) atoms. The average Bonchev–Trinajstić information content (AvgIpc) is 2.73. The van der Waals surface area contributed by atoms with Gasteiger partial charge in [-0.25, -0.2) is 0 Å². The van der Waals surface area contributed by atoms with Crippen molar-refractivity contribution in [3.8, 4) is 5.75 Å². The Morgan fingerprint density at radius 2 is 1.83 bits per heavy atom. The standard InChI is InChI=1S/C23H23F3N2O2/c24-23(25,26)18-10-17(14-6-2-1-3-7-14)21(29)11-20(18)28-13-15-12-27-19-9-5-4-8-16(19)22(15)30/h4-5,8-12,14,28-29H,1-3,6-7,13H2,(H,27,30). The normalized spacial score (nSPS) is 15.4. The van der Waals surface area contributed by atoms with Crippen LogP contribution in [0.2, 0.25) is 0 Å². The van der Waals surface area contributed by atoms with Crippen LogP contribution in [0, 0.1) is 0 Å². The van der Waals surface area contributed by atoms with Crippen LogP contribution in [0.3, 0.4) is 0 Å². The fraction of sp³-hybridized carbons (Fsp3) is 0.348. The van der Waals surface area contributed by atoms with Gasteiger partial charge in [-0.2, -0.15) is 13.2 Å². The van der Waals surface area contributed by atoms with Crippen LogP contribution in [0.15, 0.2) is 47.4 Å². The molecule has 4 nitrogen and oxygen atoms in total. The Morgan fingerprint density at radius 3 is 2.57 bits per heavy atom. The summed E-state index contributed by atoms with van der Waals surface area (Å²) in [5.74, 6) is -0.193. The van der Waals surface area contributed by atoms with Crippen LogP contribution in [-0.2, 0) is 12.7 Å². The highest BCUT2D eigenvalue weighted by Crippen LogP contribution is 2.43. The van der Waals surface area contributed by atoms with Crippen LogP contribution in [-0.4, -0.2) is 10.1 Å². The number of aromatic amines is 1. The molecule has 3 aromatic rings. The second kappa shape index (κ2) is 8.05. The first-order chi connectivity index (χ1) is 14.3. The predicted molar refractivity (Wildman–Crippen MR) is 111 cm³/mol. The van der Waals surface area contributed by atoms with Crippen molar-refractivity contribution in [2.75, 3.05) is 5.32 Å². The van der Waals surface area contributed by atoms with Crippen molar-refractivity contribution >= 4 is 16.6 Å². The van der Waals surface area contributed by atoms with Crippen LogP contribution in [0.25, 0.3) is 10.9 Å². The smallest absolute Gasteiger partial charge is 0.418 e. The number of para-hydroxylation sites is 1. The zero-order chi connectivity index (χ0) is 21.3. The summed E-state index contributed by atoms with van der Waals surface area (Å²) in [6.07, 6.45) is 1.47. The molecule has 4 rings (SSSR count). The van der Waals surface area contributed by atoms with E-state index >= 15 is 0 Å². The summed E-state index contributed by atoms with van der Waals surface area (Å²) in [5, 5.41) is 13.6. The molecule has 1 heterocycles. The molecule has 0 aliphatic heterocycles. The van der Waals surface area contributed by atoms with Crippen molar-refractivity contribution < 1.29 is 18.3 Å². The quantitative estimate of drug-likeness (QED) is 0.495. The lowest BCUT2D eigenvalue weighted by Crippen LogP contribution is -2.17. The highest BCUT2D eigenvalue weighted by atomic mass is 19.4. The third kappa shape index (κ3) is 4.01. The van der Waals surface area contributed by atoms with Crippen LogP contribution >= 0.6 is 0 Å². The van der Waals surface area contributed by atoms with E-state index in [1.165, 1.54) is 6.20 Å². The van der Waals surface area contributed by atoms with Gasteiger partial charge in [0, 0.05) is 35.3 Å². The van der Waals surface area contributed by atoms with Crippen LogP contribution in [0.4, 0.5) is 18.9 Å². The number of aromatic nitrogens is 1. The maximum absolute atomic E-state index is 13.8. The Kier molecular flexibility index (Phi) is 5.45. The fourth-order valence-corrected chi connectivity index (χ4v) is 4.26. The van der Waals surface area contributed by atoms with E-state index in [0.29, 0.717) is 22.0 Å². The van der Waals surface area contributed by atoms with Crippen molar-refractivity contribution in [1.29, 1.82) is 0 Å². The van der Waals surface area contributed by atoms with E-state index < -0.39 is 11.7 Å². The van der Waals surface area contributed by atoms with Crippen LogP contribution < -0.4 is 10.7 Å². The summed E-state index contributed by atoms with van der Waals surface area (Å²) in [6.45, 7) is -0.0918. The van der Waals surface area contributed by atoms with Gasteiger partial charge >= 0.3 is 6.18 Å². The average molecular weight is 416 g/mol. The van der Waals surface area contributed by atoms with Gasteiger partial charge in [0.1, 0.15) is 5.75 Å². The van der Waals surface area contributed by atoms with Crippen molar-refractivity contribution in [2.45, 2.75) is 50.7 Å². The number of hydrogen-bond donors (Lipinski definition) is 3. The van der Waals surface area contributed by atoms with Gasteiger partial charge in [-0.3, -0.25) is 4.79 Å². The van der Waals surface area contributed by atoms with E-state index in [9.17, 15) is 23.1 Å². The van der Waals surface area contributed by atoms with Gasteiger partial charge in [0.05, 0.1) is 11.3 Å². The van der Waals surface area contributed by atoms with Crippen molar-refractivity contribution in [3.05, 3.63) is 69.5 Å². The lowest BCUT2D eigenvalue weighted by atomic mass is 9.83. The van der Waals surface area contributed by atoms with Gasteiger partial charge in [0.25, 0.3) is 0 Å². The van der Waals surface area contributed by atoms with E-state index in [0.717, 1.165) is 44.2 Å². The summed E-state index contributed by atoms with van der Waals surface area (Å²) >= 11 is 0. The summed E-state index contributed by atoms with van der Waals surface area (Å²) < 4.78 is 41.3. The van der Waals surface area contributed by atoms with E-state index in [-0.39, 0.29) is 29.3 Å². The number of nitrogens with one attached hydrogen (secondary N) is 2. The molecule has 0 amide bonds. The van der Waals surface area contributed by atoms with E-state index in [4.69, 9.17) is 0 Å². The molecule has 1 aromatic heterocycles. The predicted octanol–water partition coefficient (Wildman–Crippen LogP) is 5.91. The Balaban J connectivity index is 1.66. The highest BCUT2D eigenvalue weighted by Gasteiger charge is 2.35. The highest BCUT2D eigenvalue weighted by molar-refractivity contribution is 5.78. The minimum Gasteiger partial charge on any atom is -0.508 e. The van der Waals surface area contributed by atoms with Crippen LogP contribution in [0.1, 0.15) is 54.7 Å². The van der Waals surface area contributed by atoms with Gasteiger partial charge in [-0.15, -0.1) is 0 Å². The van der Waals surface area contributed by atoms with Gasteiger partial charge in [0.2, 0.25) is 0 Å². The summed E-state index contributed by atoms with van der Waals surface area (Å²) in [7, 11) is 0. The molecule has 0 bridgehead atoms. The van der Waals surface area contributed by atoms with Gasteiger partial charge in [-0.1, -0.05) is 31.4 Å². The first-order valence-corrected chi connectivity index (χ1v) is 10.1. The molecule has 0 atom stereocenters. The number of pyridine rings is 1. The number of halogens is 3. The molecular formula is C23H23F3N2O2. The maximum Gasteiger partial charge on any atom is 0.418 e. The second-order valence-electron chi connectivity index (χ2n) is 7.83. The molecule has 0 saturated heterocycles. The lowest BCUT2D eigenvalue weighted by molar-refractivity contribution is -0.137. The first kappa shape index (κ1) is 20.3. The Labute approximate surface area is 171 Å². The monoisotopic (exact) mass is 416 g/mol. The number of phenolic OH excluding ortho intramolecular Hbond substituents is 1. The Hall–Kier alpha value is -2.96. The topological polar surface area (TPSA) is 65.1 Å². The summed E-state index contributed by atoms with van der Waals surface area (Å²) in [4.78, 5) is 15.6. The second-order valence-corrected chi connectivity index (χ2v) is 7.83. The van der Waals surface area contributed by atoms with Gasteiger partial charge < -0.3 is 15.4 Å². The molecule has 1 fully saturated rings. The number of H-pyrrole nitrogens is 1. The SMILES string of the molecule is O=c1c(CNc2cc(O)c(C3CCCCC3)cc2C(F)(F)F)c[nH]c2ccccc12. The summed E-state index contributed by atoms with van der Waals surface area (Å²) in [5.41, 5.74) is 0.0455. The van der Waals surface area contributed by atoms with Gasteiger partial charge in [0.15, 0.2) is 5.43 Å². The molecule has 2 aromatic carbocycles. The number of fused-ring (bicyclic) bond motifs is 1. The molecule has 0 unspecified atom stereocenters. The zero-order valence-electron chi connectivity index (χ0n) is 16.4. The number of aromatic hydroxyl groups is 1. The van der Waals surface area contributed by atoms with Gasteiger partial charge in [-0.05, 0) is 42.5 Å². The minimum atomic E-state index is -4.57. The number of anilines is 1. The van der Waals surface area contributed by atoms with E-state index in [1.54, 1.807) is 24.3 Å². The molecule has 1 aliphatic rings. The lowest BCUT2D eigenvalue weighted by Gasteiger charge is -2.25. The zero-order valence-corrected chi connectivity index (χ0v) is 16.4. The van der Waals surface area contributed by atoms with Crippen molar-refractivity contribution in [2.24, 2.45) is 0 Å². The molecule has 158 valence electrons. The molecule has 3 N–H and O–H groups in total. The van der Waals surface area contributed by atoms with Crippen molar-refractivity contribution in [1.82, 2.24) is 4.98 Å². The molecule has 1 saturated carbocycles. The van der Waals surface area contributed by atoms with E-state index in [1.807, 2.05) is 0 Å². The summed E-state index contributed by atoms with van der Waals surface area (Å²) in [6, 6.07) is 9.17. The van der Waals surface area contributed by atoms with E-state index in [2.05, 4.69) is 10.3 Å². The third-order valence-electron chi connectivity index (χ3n) is 5.85. The molecule has 0 spiro atoms. The Morgan fingerprint density at radius 1 is 1.10 bits per heavy atom. The molecule has 0 radical (unpaired) electrons. The minimum absolute atomic E-state index is 0.0581. The molecule has 7 heteroatoms. The number of phenols is 1. The Bertz CT molecular complexity index is 1120.